The van der Waals surface area contributed by atoms with E-state index in [2.05, 4.69) is 22.2 Å². The van der Waals surface area contributed by atoms with Crippen LogP contribution in [0, 0.1) is 19.7 Å². The molecule has 1 N–H and O–H groups in total. The Morgan fingerprint density at radius 1 is 1.19 bits per heavy atom. The molecule has 21 heavy (non-hydrogen) atoms. The molecule has 0 aliphatic rings. The van der Waals surface area contributed by atoms with E-state index in [1.54, 1.807) is 12.1 Å². The fourth-order valence-corrected chi connectivity index (χ4v) is 2.44. The standard InChI is InChI=1S/C16H19ClFN3/c1-4-19-8-7-13-10(2)20-16(21-11(13)3)12-5-6-15(18)14(17)9-12/h5-6,9,19H,4,7-8H2,1-3H3. The van der Waals surface area contributed by atoms with E-state index in [0.717, 1.165) is 42.0 Å². The lowest BCUT2D eigenvalue weighted by Crippen LogP contribution is -2.17. The van der Waals surface area contributed by atoms with E-state index in [4.69, 9.17) is 11.6 Å². The molecule has 1 heterocycles. The molecule has 2 aromatic rings. The van der Waals surface area contributed by atoms with E-state index in [9.17, 15) is 4.39 Å². The van der Waals surface area contributed by atoms with Crippen LogP contribution in [0.15, 0.2) is 18.2 Å². The maximum atomic E-state index is 13.2. The van der Waals surface area contributed by atoms with Gasteiger partial charge in [-0.1, -0.05) is 18.5 Å². The quantitative estimate of drug-likeness (QED) is 0.856. The van der Waals surface area contributed by atoms with Crippen molar-refractivity contribution in [2.24, 2.45) is 0 Å². The second-order valence-corrected chi connectivity index (χ2v) is 5.34. The summed E-state index contributed by atoms with van der Waals surface area (Å²) in [6.45, 7) is 7.89. The molecular formula is C16H19ClFN3. The van der Waals surface area contributed by atoms with E-state index in [0.29, 0.717) is 5.82 Å². The fraction of sp³-hybridized carbons (Fsp3) is 0.375. The molecule has 112 valence electrons. The first kappa shape index (κ1) is 15.9. The Balaban J connectivity index is 2.32. The molecule has 1 aromatic heterocycles. The minimum atomic E-state index is -0.434. The smallest absolute Gasteiger partial charge is 0.159 e. The van der Waals surface area contributed by atoms with Gasteiger partial charge in [0, 0.05) is 17.0 Å². The third-order valence-electron chi connectivity index (χ3n) is 3.40. The zero-order valence-corrected chi connectivity index (χ0v) is 13.3. The molecule has 0 spiro atoms. The number of rotatable bonds is 5. The molecule has 3 nitrogen and oxygen atoms in total. The fourth-order valence-electron chi connectivity index (χ4n) is 2.26. The van der Waals surface area contributed by atoms with Crippen LogP contribution in [0.1, 0.15) is 23.9 Å². The van der Waals surface area contributed by atoms with E-state index in [-0.39, 0.29) is 5.02 Å². The van der Waals surface area contributed by atoms with Gasteiger partial charge in [0.2, 0.25) is 0 Å². The normalized spacial score (nSPS) is 10.9. The van der Waals surface area contributed by atoms with Crippen molar-refractivity contribution >= 4 is 11.6 Å². The summed E-state index contributed by atoms with van der Waals surface area (Å²) in [5.74, 6) is 0.148. The second-order valence-electron chi connectivity index (χ2n) is 4.93. The number of nitrogens with one attached hydrogen (secondary N) is 1. The van der Waals surface area contributed by atoms with Crippen molar-refractivity contribution in [1.82, 2.24) is 15.3 Å². The molecule has 0 aliphatic heterocycles. The van der Waals surface area contributed by atoms with Gasteiger partial charge in [-0.05, 0) is 57.1 Å². The Hall–Kier alpha value is -1.52. The van der Waals surface area contributed by atoms with Crippen LogP contribution in [0.3, 0.4) is 0 Å². The Bertz CT molecular complexity index is 620. The van der Waals surface area contributed by atoms with Crippen molar-refractivity contribution in [3.05, 3.63) is 46.0 Å². The molecule has 0 amide bonds. The highest BCUT2D eigenvalue weighted by molar-refractivity contribution is 6.31. The maximum absolute atomic E-state index is 13.2. The Morgan fingerprint density at radius 2 is 1.86 bits per heavy atom. The first-order chi connectivity index (χ1) is 10.0. The lowest BCUT2D eigenvalue weighted by Gasteiger charge is -2.11. The summed E-state index contributed by atoms with van der Waals surface area (Å²) in [5, 5.41) is 3.38. The number of nitrogens with zero attached hydrogens (tertiary/aromatic N) is 2. The van der Waals surface area contributed by atoms with Gasteiger partial charge in [0.25, 0.3) is 0 Å². The first-order valence-corrected chi connectivity index (χ1v) is 7.41. The van der Waals surface area contributed by atoms with Gasteiger partial charge in [-0.25, -0.2) is 14.4 Å². The molecule has 1 aromatic carbocycles. The molecule has 2 rings (SSSR count). The molecule has 0 saturated carbocycles. The Morgan fingerprint density at radius 3 is 2.43 bits per heavy atom. The average Bonchev–Trinajstić information content (AvgIpc) is 2.44. The molecule has 0 unspecified atom stereocenters. The van der Waals surface area contributed by atoms with Gasteiger partial charge in [0.05, 0.1) is 5.02 Å². The van der Waals surface area contributed by atoms with Gasteiger partial charge in [-0.15, -0.1) is 0 Å². The number of hydrogen-bond acceptors (Lipinski definition) is 3. The van der Waals surface area contributed by atoms with Crippen LogP contribution in [0.2, 0.25) is 5.02 Å². The van der Waals surface area contributed by atoms with E-state index >= 15 is 0 Å². The van der Waals surface area contributed by atoms with Crippen LogP contribution < -0.4 is 5.32 Å². The van der Waals surface area contributed by atoms with Crippen molar-refractivity contribution in [2.75, 3.05) is 13.1 Å². The van der Waals surface area contributed by atoms with Crippen molar-refractivity contribution in [3.63, 3.8) is 0 Å². The molecule has 0 radical (unpaired) electrons. The number of benzene rings is 1. The van der Waals surface area contributed by atoms with Gasteiger partial charge < -0.3 is 5.32 Å². The first-order valence-electron chi connectivity index (χ1n) is 7.03. The summed E-state index contributed by atoms with van der Waals surface area (Å²) in [4.78, 5) is 9.07. The van der Waals surface area contributed by atoms with E-state index in [1.165, 1.54) is 6.07 Å². The molecule has 0 saturated heterocycles. The highest BCUT2D eigenvalue weighted by Gasteiger charge is 2.11. The number of hydrogen-bond donors (Lipinski definition) is 1. The molecule has 0 aliphatic carbocycles. The van der Waals surface area contributed by atoms with Crippen LogP contribution in [0.5, 0.6) is 0 Å². The van der Waals surface area contributed by atoms with Gasteiger partial charge >= 0.3 is 0 Å². The van der Waals surface area contributed by atoms with E-state index in [1.807, 2.05) is 13.8 Å². The predicted molar refractivity (Wildman–Crippen MR) is 84.2 cm³/mol. The van der Waals surface area contributed by atoms with E-state index < -0.39 is 5.82 Å². The number of halogens is 2. The van der Waals surface area contributed by atoms with Gasteiger partial charge in [0.15, 0.2) is 5.82 Å². The molecule has 0 bridgehead atoms. The van der Waals surface area contributed by atoms with Crippen molar-refractivity contribution < 1.29 is 4.39 Å². The predicted octanol–water partition coefficient (Wildman–Crippen LogP) is 3.70. The van der Waals surface area contributed by atoms with Crippen LogP contribution in [0.4, 0.5) is 4.39 Å². The summed E-state index contributed by atoms with van der Waals surface area (Å²) in [7, 11) is 0. The number of aromatic nitrogens is 2. The number of likely N-dealkylation sites (N-methyl/N-ethyl adjacent to an activating group) is 1. The largest absolute Gasteiger partial charge is 0.317 e. The average molecular weight is 308 g/mol. The molecule has 0 fully saturated rings. The van der Waals surface area contributed by atoms with Crippen LogP contribution in [-0.4, -0.2) is 23.1 Å². The Kier molecular flexibility index (Phi) is 5.26. The molecule has 0 atom stereocenters. The van der Waals surface area contributed by atoms with Crippen LogP contribution in [0.25, 0.3) is 11.4 Å². The SMILES string of the molecule is CCNCCc1c(C)nc(-c2ccc(F)c(Cl)c2)nc1C. The number of aryl methyl sites for hydroxylation is 2. The molecule has 5 heteroatoms. The summed E-state index contributed by atoms with van der Waals surface area (Å²) >= 11 is 5.82. The highest BCUT2D eigenvalue weighted by atomic mass is 35.5. The minimum Gasteiger partial charge on any atom is -0.317 e. The van der Waals surface area contributed by atoms with Crippen LogP contribution in [-0.2, 0) is 6.42 Å². The third kappa shape index (κ3) is 3.77. The monoisotopic (exact) mass is 307 g/mol. The van der Waals surface area contributed by atoms with Gasteiger partial charge in [-0.2, -0.15) is 0 Å². The van der Waals surface area contributed by atoms with Gasteiger partial charge in [-0.3, -0.25) is 0 Å². The third-order valence-corrected chi connectivity index (χ3v) is 3.69. The zero-order chi connectivity index (χ0) is 15.4. The molecular weight excluding hydrogens is 289 g/mol. The summed E-state index contributed by atoms with van der Waals surface area (Å²) in [5.41, 5.74) is 3.80. The lowest BCUT2D eigenvalue weighted by molar-refractivity contribution is 0.628. The summed E-state index contributed by atoms with van der Waals surface area (Å²) < 4.78 is 13.2. The van der Waals surface area contributed by atoms with Crippen molar-refractivity contribution in [3.8, 4) is 11.4 Å². The second kappa shape index (κ2) is 6.96. The lowest BCUT2D eigenvalue weighted by atomic mass is 10.1. The van der Waals surface area contributed by atoms with Crippen molar-refractivity contribution in [1.29, 1.82) is 0 Å². The highest BCUT2D eigenvalue weighted by Crippen LogP contribution is 2.24. The topological polar surface area (TPSA) is 37.8 Å². The maximum Gasteiger partial charge on any atom is 0.159 e. The zero-order valence-electron chi connectivity index (χ0n) is 12.5. The Labute approximate surface area is 129 Å². The van der Waals surface area contributed by atoms with Crippen molar-refractivity contribution in [2.45, 2.75) is 27.2 Å². The minimum absolute atomic E-state index is 0.0858. The van der Waals surface area contributed by atoms with Crippen LogP contribution >= 0.6 is 11.6 Å². The van der Waals surface area contributed by atoms with Gasteiger partial charge in [0.1, 0.15) is 5.82 Å². The summed E-state index contributed by atoms with van der Waals surface area (Å²) in [6, 6.07) is 4.54. The summed E-state index contributed by atoms with van der Waals surface area (Å²) in [6.07, 6.45) is 0.899.